The number of carbonyl (C=O) groups excluding carboxylic acids is 1. The third-order valence-electron chi connectivity index (χ3n) is 2.66. The third-order valence-corrected chi connectivity index (χ3v) is 2.66. The summed E-state index contributed by atoms with van der Waals surface area (Å²) in [6.07, 6.45) is 2.36. The Morgan fingerprint density at radius 3 is 2.47 bits per heavy atom. The summed E-state index contributed by atoms with van der Waals surface area (Å²) in [6.45, 7) is 2.50. The molecule has 0 aliphatic rings. The van der Waals surface area contributed by atoms with Crippen molar-refractivity contribution in [2.24, 2.45) is 5.73 Å². The fourth-order valence-corrected chi connectivity index (χ4v) is 1.52. The fourth-order valence-electron chi connectivity index (χ4n) is 1.52. The normalized spacial score (nSPS) is 11.3. The molecule has 108 valence electrons. The van der Waals surface area contributed by atoms with Gasteiger partial charge in [-0.3, -0.25) is 4.79 Å². The highest BCUT2D eigenvalue weighted by molar-refractivity contribution is 5.85. The van der Waals surface area contributed by atoms with Gasteiger partial charge in [-0.1, -0.05) is 25.5 Å². The van der Waals surface area contributed by atoms with Crippen molar-refractivity contribution in [2.45, 2.75) is 32.2 Å². The fraction of sp³-hybridized carbons (Fsp3) is 0.500. The number of halogens is 1. The minimum absolute atomic E-state index is 0. The van der Waals surface area contributed by atoms with Crippen LogP contribution in [0.3, 0.4) is 0 Å². The van der Waals surface area contributed by atoms with E-state index >= 15 is 0 Å². The molecule has 2 N–H and O–H groups in total. The first-order valence-electron chi connectivity index (χ1n) is 6.22. The lowest BCUT2D eigenvalue weighted by molar-refractivity contribution is -0.145. The Bertz CT molecular complexity index is 367. The molecule has 0 radical (unpaired) electrons. The summed E-state index contributed by atoms with van der Waals surface area (Å²) in [5.74, 6) is 0.456. The molecule has 5 heteroatoms. The minimum Gasteiger partial charge on any atom is -0.497 e. The maximum absolute atomic E-state index is 11.6. The summed E-state index contributed by atoms with van der Waals surface area (Å²) in [5.41, 5.74) is 6.79. The first kappa shape index (κ1) is 17.7. The maximum atomic E-state index is 11.6. The number of hydrogen-bond donors (Lipinski definition) is 1. The Kier molecular flexibility index (Phi) is 9.00. The molecular formula is C14H22ClNO3. The van der Waals surface area contributed by atoms with Crippen LogP contribution in [0.4, 0.5) is 0 Å². The summed E-state index contributed by atoms with van der Waals surface area (Å²) in [7, 11) is 1.62. The van der Waals surface area contributed by atoms with E-state index in [0.717, 1.165) is 24.2 Å². The van der Waals surface area contributed by atoms with E-state index in [2.05, 4.69) is 0 Å². The molecule has 0 amide bonds. The van der Waals surface area contributed by atoms with Crippen LogP contribution in [0, 0.1) is 0 Å². The monoisotopic (exact) mass is 287 g/mol. The summed E-state index contributed by atoms with van der Waals surface area (Å²) < 4.78 is 10.1. The minimum atomic E-state index is -0.602. The van der Waals surface area contributed by atoms with Crippen molar-refractivity contribution >= 4 is 18.4 Å². The van der Waals surface area contributed by atoms with Gasteiger partial charge in [0.2, 0.25) is 0 Å². The molecule has 0 saturated carbocycles. The Hall–Kier alpha value is -1.26. The van der Waals surface area contributed by atoms with Crippen LogP contribution in [0.25, 0.3) is 0 Å². The van der Waals surface area contributed by atoms with Crippen molar-refractivity contribution < 1.29 is 14.3 Å². The van der Waals surface area contributed by atoms with E-state index in [0.29, 0.717) is 13.0 Å². The molecule has 19 heavy (non-hydrogen) atoms. The molecule has 0 saturated heterocycles. The highest BCUT2D eigenvalue weighted by atomic mass is 35.5. The standard InChI is InChI=1S/C14H21NO3.ClH/c1-3-4-9-18-14(16)13(15)10-11-5-7-12(17-2)8-6-11;/h5-8,13H,3-4,9-10,15H2,1-2H3;1H/t13-;/m0./s1. The summed E-state index contributed by atoms with van der Waals surface area (Å²) in [4.78, 5) is 11.6. The maximum Gasteiger partial charge on any atom is 0.323 e. The van der Waals surface area contributed by atoms with Gasteiger partial charge in [0.1, 0.15) is 11.8 Å². The number of carbonyl (C=O) groups is 1. The molecule has 0 heterocycles. The van der Waals surface area contributed by atoms with E-state index < -0.39 is 6.04 Å². The topological polar surface area (TPSA) is 61.5 Å². The molecule has 1 rings (SSSR count). The van der Waals surface area contributed by atoms with Crippen LogP contribution < -0.4 is 10.5 Å². The number of ether oxygens (including phenoxy) is 2. The van der Waals surface area contributed by atoms with Gasteiger partial charge in [-0.15, -0.1) is 12.4 Å². The highest BCUT2D eigenvalue weighted by Crippen LogP contribution is 2.12. The van der Waals surface area contributed by atoms with Crippen LogP contribution in [0.1, 0.15) is 25.3 Å². The number of benzene rings is 1. The van der Waals surface area contributed by atoms with Crippen LogP contribution in [-0.2, 0) is 16.0 Å². The molecule has 1 atom stereocenters. The number of rotatable bonds is 7. The predicted octanol–water partition coefficient (Wildman–Crippen LogP) is 2.33. The first-order chi connectivity index (χ1) is 8.67. The average Bonchev–Trinajstić information content (AvgIpc) is 2.39. The van der Waals surface area contributed by atoms with Crippen molar-refractivity contribution in [3.05, 3.63) is 29.8 Å². The van der Waals surface area contributed by atoms with Gasteiger partial charge in [-0.25, -0.2) is 0 Å². The Morgan fingerprint density at radius 1 is 1.32 bits per heavy atom. The van der Waals surface area contributed by atoms with Gasteiger partial charge in [0, 0.05) is 0 Å². The summed E-state index contributed by atoms with van der Waals surface area (Å²) >= 11 is 0. The van der Waals surface area contributed by atoms with Crippen molar-refractivity contribution in [1.82, 2.24) is 0 Å². The molecule has 0 aliphatic carbocycles. The van der Waals surface area contributed by atoms with Crippen molar-refractivity contribution in [3.8, 4) is 5.75 Å². The molecule has 1 aromatic carbocycles. The molecule has 0 aromatic heterocycles. The van der Waals surface area contributed by atoms with Gasteiger partial charge in [-0.05, 0) is 30.5 Å². The second kappa shape index (κ2) is 9.64. The lowest BCUT2D eigenvalue weighted by Gasteiger charge is -2.11. The van der Waals surface area contributed by atoms with E-state index in [9.17, 15) is 4.79 Å². The van der Waals surface area contributed by atoms with Crippen LogP contribution in [0.5, 0.6) is 5.75 Å². The Balaban J connectivity index is 0.00000324. The highest BCUT2D eigenvalue weighted by Gasteiger charge is 2.15. The van der Waals surface area contributed by atoms with Crippen LogP contribution >= 0.6 is 12.4 Å². The van der Waals surface area contributed by atoms with Gasteiger partial charge in [0.25, 0.3) is 0 Å². The van der Waals surface area contributed by atoms with Gasteiger partial charge in [-0.2, -0.15) is 0 Å². The molecular weight excluding hydrogens is 266 g/mol. The molecule has 0 spiro atoms. The largest absolute Gasteiger partial charge is 0.497 e. The van der Waals surface area contributed by atoms with Crippen molar-refractivity contribution in [3.63, 3.8) is 0 Å². The number of unbranched alkanes of at least 4 members (excludes halogenated alkanes) is 1. The Morgan fingerprint density at radius 2 is 1.95 bits per heavy atom. The van der Waals surface area contributed by atoms with Crippen molar-refractivity contribution in [2.75, 3.05) is 13.7 Å². The number of esters is 1. The van der Waals surface area contributed by atoms with E-state index in [1.807, 2.05) is 31.2 Å². The zero-order valence-corrected chi connectivity index (χ0v) is 12.2. The molecule has 1 aromatic rings. The summed E-state index contributed by atoms with van der Waals surface area (Å²) in [5, 5.41) is 0. The zero-order valence-electron chi connectivity index (χ0n) is 11.4. The molecule has 4 nitrogen and oxygen atoms in total. The van der Waals surface area contributed by atoms with Gasteiger partial charge >= 0.3 is 5.97 Å². The molecule has 0 fully saturated rings. The van der Waals surface area contributed by atoms with E-state index in [-0.39, 0.29) is 18.4 Å². The molecule has 0 unspecified atom stereocenters. The summed E-state index contributed by atoms with van der Waals surface area (Å²) in [6, 6.07) is 6.90. The smallest absolute Gasteiger partial charge is 0.323 e. The van der Waals surface area contributed by atoms with Crippen LogP contribution in [-0.4, -0.2) is 25.7 Å². The van der Waals surface area contributed by atoms with E-state index in [4.69, 9.17) is 15.2 Å². The zero-order chi connectivity index (χ0) is 13.4. The average molecular weight is 288 g/mol. The van der Waals surface area contributed by atoms with E-state index in [1.165, 1.54) is 0 Å². The number of hydrogen-bond acceptors (Lipinski definition) is 4. The molecule has 0 bridgehead atoms. The lowest BCUT2D eigenvalue weighted by atomic mass is 10.1. The molecule has 0 aliphatic heterocycles. The van der Waals surface area contributed by atoms with E-state index in [1.54, 1.807) is 7.11 Å². The number of nitrogens with two attached hydrogens (primary N) is 1. The Labute approximate surface area is 120 Å². The number of methoxy groups -OCH3 is 1. The predicted molar refractivity (Wildman–Crippen MR) is 77.8 cm³/mol. The van der Waals surface area contributed by atoms with Gasteiger partial charge in [0.15, 0.2) is 0 Å². The first-order valence-corrected chi connectivity index (χ1v) is 6.22. The van der Waals surface area contributed by atoms with Crippen LogP contribution in [0.2, 0.25) is 0 Å². The van der Waals surface area contributed by atoms with Gasteiger partial charge in [0.05, 0.1) is 13.7 Å². The van der Waals surface area contributed by atoms with Crippen LogP contribution in [0.15, 0.2) is 24.3 Å². The third kappa shape index (κ3) is 6.45. The van der Waals surface area contributed by atoms with Crippen molar-refractivity contribution in [1.29, 1.82) is 0 Å². The SMILES string of the molecule is CCCCOC(=O)[C@@H](N)Cc1ccc(OC)cc1.Cl. The quantitative estimate of drug-likeness (QED) is 0.618. The second-order valence-corrected chi connectivity index (χ2v) is 4.18. The second-order valence-electron chi connectivity index (χ2n) is 4.18. The lowest BCUT2D eigenvalue weighted by Crippen LogP contribution is -2.34. The van der Waals surface area contributed by atoms with Gasteiger partial charge < -0.3 is 15.2 Å².